The normalized spacial score (nSPS) is 12.6. The molecule has 0 spiro atoms. The molecule has 1 atom stereocenters. The molecule has 1 aromatic heterocycles. The van der Waals surface area contributed by atoms with Gasteiger partial charge in [0.25, 0.3) is 5.91 Å². The van der Waals surface area contributed by atoms with E-state index >= 15 is 0 Å². The second-order valence-corrected chi connectivity index (χ2v) is 9.22. The molecule has 7 nitrogen and oxygen atoms in total. The average molecular weight is 495 g/mol. The van der Waals surface area contributed by atoms with E-state index in [0.29, 0.717) is 23.6 Å². The molecule has 1 amide bonds. The summed E-state index contributed by atoms with van der Waals surface area (Å²) in [5.74, 6) is -0.318. The molecule has 0 bridgehead atoms. The van der Waals surface area contributed by atoms with Gasteiger partial charge in [0.15, 0.2) is 11.7 Å². The topological polar surface area (TPSA) is 88.2 Å². The number of benzene rings is 3. The molecule has 0 fully saturated rings. The summed E-state index contributed by atoms with van der Waals surface area (Å²) in [6.45, 7) is 0.180. The monoisotopic (exact) mass is 494 g/mol. The van der Waals surface area contributed by atoms with Crippen LogP contribution in [0, 0.1) is 17.2 Å². The summed E-state index contributed by atoms with van der Waals surface area (Å²) in [6.07, 6.45) is 0.385. The van der Waals surface area contributed by atoms with Gasteiger partial charge in [0.2, 0.25) is 0 Å². The van der Waals surface area contributed by atoms with E-state index in [1.807, 2.05) is 83.5 Å². The van der Waals surface area contributed by atoms with Crippen LogP contribution >= 0.6 is 11.8 Å². The van der Waals surface area contributed by atoms with Gasteiger partial charge in [-0.05, 0) is 23.8 Å². The van der Waals surface area contributed by atoms with Crippen molar-refractivity contribution in [3.05, 3.63) is 90.0 Å². The van der Waals surface area contributed by atoms with Crippen molar-refractivity contribution in [3.8, 4) is 28.8 Å². The number of rotatable bonds is 7. The first-order valence-corrected chi connectivity index (χ1v) is 12.3. The van der Waals surface area contributed by atoms with Crippen molar-refractivity contribution < 1.29 is 14.3 Å². The van der Waals surface area contributed by atoms with Gasteiger partial charge in [0, 0.05) is 27.8 Å². The van der Waals surface area contributed by atoms with Crippen molar-refractivity contribution in [1.29, 1.82) is 5.26 Å². The van der Waals surface area contributed by atoms with Crippen LogP contribution in [0.15, 0.2) is 83.8 Å². The van der Waals surface area contributed by atoms with E-state index < -0.39 is 11.8 Å². The van der Waals surface area contributed by atoms with E-state index in [2.05, 4.69) is 6.07 Å². The minimum absolute atomic E-state index is 0.180. The molecule has 1 aliphatic rings. The van der Waals surface area contributed by atoms with Gasteiger partial charge in [0.1, 0.15) is 12.0 Å². The van der Waals surface area contributed by atoms with Crippen molar-refractivity contribution in [2.24, 2.45) is 5.92 Å². The number of anilines is 1. The van der Waals surface area contributed by atoms with Gasteiger partial charge < -0.3 is 9.53 Å². The highest BCUT2D eigenvalue weighted by atomic mass is 32.2. The maximum absolute atomic E-state index is 13.5. The lowest BCUT2D eigenvalue weighted by atomic mass is 10.1. The smallest absolute Gasteiger partial charge is 0.253 e. The fourth-order valence-corrected chi connectivity index (χ4v) is 5.33. The number of fused-ring (bicyclic) bond motifs is 3. The predicted molar refractivity (Wildman–Crippen MR) is 138 cm³/mol. The lowest BCUT2D eigenvalue weighted by Gasteiger charge is -2.24. The molecule has 0 N–H and O–H groups in total. The zero-order valence-corrected chi connectivity index (χ0v) is 20.3. The number of hydrogen-bond donors (Lipinski definition) is 0. The van der Waals surface area contributed by atoms with Crippen LogP contribution in [0.1, 0.15) is 11.1 Å². The third kappa shape index (κ3) is 4.25. The van der Waals surface area contributed by atoms with E-state index in [-0.39, 0.29) is 6.54 Å². The molecule has 178 valence electrons. The SMILES string of the molecule is COc1cccc(-n2nc(N(Cc3ccccc3)C(=O)C(C#N)C=O)c3c2-c2ccccc2SC3)c1. The van der Waals surface area contributed by atoms with Crippen LogP contribution in [-0.2, 0) is 21.9 Å². The highest BCUT2D eigenvalue weighted by Crippen LogP contribution is 2.46. The maximum Gasteiger partial charge on any atom is 0.253 e. The molecule has 0 aliphatic carbocycles. The predicted octanol–water partition coefficient (Wildman–Crippen LogP) is 5.03. The summed E-state index contributed by atoms with van der Waals surface area (Å²) in [6, 6.07) is 26.9. The number of ether oxygens (including phenoxy) is 1. The van der Waals surface area contributed by atoms with Crippen LogP contribution in [0.3, 0.4) is 0 Å². The van der Waals surface area contributed by atoms with E-state index in [0.717, 1.165) is 33.0 Å². The number of nitriles is 1. The van der Waals surface area contributed by atoms with E-state index in [9.17, 15) is 14.9 Å². The molecule has 4 aromatic rings. The van der Waals surface area contributed by atoms with Gasteiger partial charge in [-0.2, -0.15) is 5.26 Å². The quantitative estimate of drug-likeness (QED) is 0.265. The Kier molecular flexibility index (Phi) is 6.56. The fraction of sp³-hybridized carbons (Fsp3) is 0.143. The molecule has 0 saturated heterocycles. The van der Waals surface area contributed by atoms with Crippen LogP contribution in [0.5, 0.6) is 5.75 Å². The van der Waals surface area contributed by atoms with Crippen LogP contribution in [0.2, 0.25) is 0 Å². The highest BCUT2D eigenvalue weighted by molar-refractivity contribution is 7.98. The molecule has 1 aliphatic heterocycles. The second kappa shape index (κ2) is 10.1. The summed E-state index contributed by atoms with van der Waals surface area (Å²) in [5, 5.41) is 14.4. The van der Waals surface area contributed by atoms with Gasteiger partial charge in [0.05, 0.1) is 31.1 Å². The third-order valence-corrected chi connectivity index (χ3v) is 7.12. The number of aldehydes is 1. The zero-order chi connectivity index (χ0) is 25.1. The number of carbonyl (C=O) groups is 2. The van der Waals surface area contributed by atoms with Gasteiger partial charge in [-0.1, -0.05) is 54.6 Å². The first kappa shape index (κ1) is 23.4. The number of aromatic nitrogens is 2. The zero-order valence-electron chi connectivity index (χ0n) is 19.5. The lowest BCUT2D eigenvalue weighted by molar-refractivity contribution is -0.125. The third-order valence-electron chi connectivity index (χ3n) is 6.02. The van der Waals surface area contributed by atoms with Crippen LogP contribution in [0.4, 0.5) is 5.82 Å². The molecule has 5 rings (SSSR count). The fourth-order valence-electron chi connectivity index (χ4n) is 4.27. The Labute approximate surface area is 212 Å². The summed E-state index contributed by atoms with van der Waals surface area (Å²) < 4.78 is 7.26. The Hall–Kier alpha value is -4.35. The number of methoxy groups -OCH3 is 1. The van der Waals surface area contributed by atoms with Crippen LogP contribution in [0.25, 0.3) is 16.9 Å². The van der Waals surface area contributed by atoms with E-state index in [4.69, 9.17) is 9.84 Å². The molecule has 36 heavy (non-hydrogen) atoms. The van der Waals surface area contributed by atoms with Crippen LogP contribution < -0.4 is 9.64 Å². The number of carbonyl (C=O) groups excluding carboxylic acids is 2. The van der Waals surface area contributed by atoms with Crippen molar-refractivity contribution in [1.82, 2.24) is 9.78 Å². The van der Waals surface area contributed by atoms with Gasteiger partial charge >= 0.3 is 0 Å². The average Bonchev–Trinajstić information content (AvgIpc) is 3.33. The molecular formula is C28H22N4O3S. The van der Waals surface area contributed by atoms with Crippen LogP contribution in [-0.4, -0.2) is 29.1 Å². The number of amides is 1. The van der Waals surface area contributed by atoms with Crippen molar-refractivity contribution in [3.63, 3.8) is 0 Å². The summed E-state index contributed by atoms with van der Waals surface area (Å²) in [7, 11) is 1.61. The van der Waals surface area contributed by atoms with E-state index in [1.54, 1.807) is 18.9 Å². The number of hydrogen-bond acceptors (Lipinski definition) is 6. The maximum atomic E-state index is 13.5. The Morgan fingerprint density at radius 2 is 1.94 bits per heavy atom. The summed E-state index contributed by atoms with van der Waals surface area (Å²) >= 11 is 1.67. The van der Waals surface area contributed by atoms with E-state index in [1.165, 1.54) is 4.90 Å². The minimum Gasteiger partial charge on any atom is -0.497 e. The van der Waals surface area contributed by atoms with Crippen molar-refractivity contribution >= 4 is 29.8 Å². The standard InChI is InChI=1S/C28H22N4O3S/c1-35-22-11-7-10-21(14-22)32-26-23-12-5-6-13-25(23)36-18-24(26)27(30-32)31(28(34)20(15-29)17-33)16-19-8-3-2-4-9-19/h2-14,17,20H,16,18H2,1H3. The van der Waals surface area contributed by atoms with Gasteiger partial charge in [-0.25, -0.2) is 4.68 Å². The summed E-state index contributed by atoms with van der Waals surface area (Å²) in [5.41, 5.74) is 4.39. The van der Waals surface area contributed by atoms with Gasteiger partial charge in [-0.15, -0.1) is 16.9 Å². The number of nitrogens with zero attached hydrogens (tertiary/aromatic N) is 4. The minimum atomic E-state index is -1.42. The molecular weight excluding hydrogens is 472 g/mol. The molecule has 2 heterocycles. The molecule has 0 radical (unpaired) electrons. The van der Waals surface area contributed by atoms with Gasteiger partial charge in [-0.3, -0.25) is 9.69 Å². The molecule has 1 unspecified atom stereocenters. The molecule has 3 aromatic carbocycles. The molecule has 8 heteroatoms. The Bertz CT molecular complexity index is 1480. The first-order valence-electron chi connectivity index (χ1n) is 11.3. The van der Waals surface area contributed by atoms with Crippen molar-refractivity contribution in [2.75, 3.05) is 12.0 Å². The van der Waals surface area contributed by atoms with Crippen molar-refractivity contribution in [2.45, 2.75) is 17.2 Å². The molecule has 0 saturated carbocycles. The highest BCUT2D eigenvalue weighted by Gasteiger charge is 2.34. The number of thioether (sulfide) groups is 1. The summed E-state index contributed by atoms with van der Waals surface area (Å²) in [4.78, 5) is 27.7. The Morgan fingerprint density at radius 1 is 1.17 bits per heavy atom. The Balaban J connectivity index is 1.74. The first-order chi connectivity index (χ1) is 17.6. The second-order valence-electron chi connectivity index (χ2n) is 8.20. The Morgan fingerprint density at radius 3 is 2.69 bits per heavy atom. The largest absolute Gasteiger partial charge is 0.497 e. The lowest BCUT2D eigenvalue weighted by Crippen LogP contribution is -2.37.